The van der Waals surface area contributed by atoms with E-state index in [1.807, 2.05) is 0 Å². The SMILES string of the molecule is CC(C)C(C)(C)S(=O)(=O)NS(=O)(=O)OCCOCN(C)C. The summed E-state index contributed by atoms with van der Waals surface area (Å²) in [5, 5.41) is 0. The van der Waals surface area contributed by atoms with Gasteiger partial charge in [-0.25, -0.2) is 8.42 Å². The summed E-state index contributed by atoms with van der Waals surface area (Å²) in [5.41, 5.74) is 0. The Morgan fingerprint density at radius 2 is 1.62 bits per heavy atom. The standard InChI is InChI=1S/C11H26N2O6S2/c1-10(2)11(3,4)20(14,15)12-21(16,17)19-8-7-18-9-13(5)6/h10,12H,7-9H2,1-6H3. The largest absolute Gasteiger partial charge is 0.364 e. The number of nitrogens with zero attached hydrogens (tertiary/aromatic N) is 1. The van der Waals surface area contributed by atoms with E-state index in [2.05, 4.69) is 4.18 Å². The lowest BCUT2D eigenvalue weighted by atomic mass is 10.00. The van der Waals surface area contributed by atoms with Crippen LogP contribution in [0.25, 0.3) is 0 Å². The Morgan fingerprint density at radius 1 is 1.10 bits per heavy atom. The molecule has 0 saturated heterocycles. The fourth-order valence-electron chi connectivity index (χ4n) is 1.03. The number of sulfonamides is 1. The molecule has 0 radical (unpaired) electrons. The van der Waals surface area contributed by atoms with Crippen LogP contribution in [0.3, 0.4) is 0 Å². The second-order valence-corrected chi connectivity index (χ2v) is 9.61. The Balaban J connectivity index is 4.55. The van der Waals surface area contributed by atoms with E-state index in [4.69, 9.17) is 4.74 Å². The van der Waals surface area contributed by atoms with Crippen LogP contribution in [0, 0.1) is 5.92 Å². The van der Waals surface area contributed by atoms with Crippen LogP contribution in [0.2, 0.25) is 0 Å². The molecule has 8 nitrogen and oxygen atoms in total. The molecule has 0 aromatic carbocycles. The monoisotopic (exact) mass is 346 g/mol. The van der Waals surface area contributed by atoms with Gasteiger partial charge in [0.1, 0.15) is 0 Å². The minimum atomic E-state index is -4.39. The van der Waals surface area contributed by atoms with E-state index < -0.39 is 25.1 Å². The molecule has 10 heteroatoms. The predicted molar refractivity (Wildman–Crippen MR) is 80.4 cm³/mol. The zero-order chi connectivity index (χ0) is 16.9. The number of hydrogen-bond donors (Lipinski definition) is 1. The first-order valence-electron chi connectivity index (χ1n) is 6.47. The molecule has 0 atom stereocenters. The van der Waals surface area contributed by atoms with Crippen LogP contribution in [0.5, 0.6) is 0 Å². The van der Waals surface area contributed by atoms with Crippen molar-refractivity contribution in [2.75, 3.05) is 34.0 Å². The molecular formula is C11H26N2O6S2. The highest BCUT2D eigenvalue weighted by molar-refractivity contribution is 8.03. The van der Waals surface area contributed by atoms with Gasteiger partial charge in [-0.05, 0) is 33.9 Å². The molecule has 0 aliphatic carbocycles. The van der Waals surface area contributed by atoms with Gasteiger partial charge in [0, 0.05) is 0 Å². The average Bonchev–Trinajstić information content (AvgIpc) is 2.25. The third kappa shape index (κ3) is 7.02. The number of nitrogens with one attached hydrogen (secondary N) is 1. The molecule has 1 N–H and O–H groups in total. The molecule has 0 saturated carbocycles. The minimum Gasteiger partial charge on any atom is -0.364 e. The van der Waals surface area contributed by atoms with Crippen LogP contribution >= 0.6 is 0 Å². The third-order valence-corrected chi connectivity index (χ3v) is 7.14. The van der Waals surface area contributed by atoms with E-state index in [9.17, 15) is 16.8 Å². The summed E-state index contributed by atoms with van der Waals surface area (Å²) < 4.78 is 57.4. The second-order valence-electron chi connectivity index (χ2n) is 5.74. The van der Waals surface area contributed by atoms with E-state index in [0.29, 0.717) is 6.73 Å². The number of hydrogen-bond acceptors (Lipinski definition) is 7. The van der Waals surface area contributed by atoms with Gasteiger partial charge in [-0.15, -0.1) is 0 Å². The van der Waals surface area contributed by atoms with Crippen molar-refractivity contribution >= 4 is 20.3 Å². The Morgan fingerprint density at radius 3 is 2.05 bits per heavy atom. The lowest BCUT2D eigenvalue weighted by molar-refractivity contribution is 0.0394. The van der Waals surface area contributed by atoms with Crippen LogP contribution in [0.15, 0.2) is 0 Å². The smallest absolute Gasteiger partial charge is 0.349 e. The molecule has 0 aromatic heterocycles. The lowest BCUT2D eigenvalue weighted by Gasteiger charge is -2.28. The first-order chi connectivity index (χ1) is 9.32. The van der Waals surface area contributed by atoms with Gasteiger partial charge in [-0.2, -0.15) is 8.42 Å². The van der Waals surface area contributed by atoms with Crippen molar-refractivity contribution in [2.24, 2.45) is 5.92 Å². The van der Waals surface area contributed by atoms with Gasteiger partial charge in [0.15, 0.2) is 0 Å². The highest BCUT2D eigenvalue weighted by Crippen LogP contribution is 2.25. The topological polar surface area (TPSA) is 102 Å². The maximum Gasteiger partial charge on any atom is 0.349 e. The summed E-state index contributed by atoms with van der Waals surface area (Å²) in [6.07, 6.45) is 0. The maximum atomic E-state index is 12.1. The molecule has 0 rings (SSSR count). The van der Waals surface area contributed by atoms with Gasteiger partial charge >= 0.3 is 10.3 Å². The summed E-state index contributed by atoms with van der Waals surface area (Å²) in [5.74, 6) is -0.270. The molecule has 0 spiro atoms. The molecule has 0 aliphatic heterocycles. The van der Waals surface area contributed by atoms with E-state index in [-0.39, 0.29) is 19.1 Å². The molecule has 21 heavy (non-hydrogen) atoms. The van der Waals surface area contributed by atoms with Gasteiger partial charge in [-0.3, -0.25) is 9.08 Å². The van der Waals surface area contributed by atoms with Crippen molar-refractivity contribution in [1.82, 2.24) is 9.03 Å². The van der Waals surface area contributed by atoms with Crippen LogP contribution in [-0.4, -0.2) is 60.5 Å². The van der Waals surface area contributed by atoms with Crippen molar-refractivity contribution in [3.8, 4) is 0 Å². The van der Waals surface area contributed by atoms with Crippen LogP contribution in [0.1, 0.15) is 27.7 Å². The molecule has 128 valence electrons. The first kappa shape index (κ1) is 20.7. The minimum absolute atomic E-state index is 0.0344. The van der Waals surface area contributed by atoms with Crippen molar-refractivity contribution in [1.29, 1.82) is 0 Å². The Bertz CT molecular complexity index is 511. The summed E-state index contributed by atoms with van der Waals surface area (Å²) in [7, 11) is -4.89. The van der Waals surface area contributed by atoms with Gasteiger partial charge in [0.2, 0.25) is 10.0 Å². The summed E-state index contributed by atoms with van der Waals surface area (Å²) in [4.78, 5) is 1.75. The van der Waals surface area contributed by atoms with Gasteiger partial charge in [0.25, 0.3) is 0 Å². The summed E-state index contributed by atoms with van der Waals surface area (Å²) >= 11 is 0. The number of ether oxygens (including phenoxy) is 1. The van der Waals surface area contributed by atoms with E-state index in [1.54, 1.807) is 37.0 Å². The zero-order valence-corrected chi connectivity index (χ0v) is 15.0. The molecule has 0 fully saturated rings. The number of rotatable bonds is 10. The highest BCUT2D eigenvalue weighted by atomic mass is 32.3. The fraction of sp³-hybridized carbons (Fsp3) is 1.00. The van der Waals surface area contributed by atoms with E-state index in [0.717, 1.165) is 0 Å². The second kappa shape index (κ2) is 7.84. The maximum absolute atomic E-state index is 12.1. The molecule has 0 bridgehead atoms. The quantitative estimate of drug-likeness (QED) is 0.443. The van der Waals surface area contributed by atoms with Crippen molar-refractivity contribution in [2.45, 2.75) is 32.4 Å². The van der Waals surface area contributed by atoms with Gasteiger partial charge in [0.05, 0.1) is 24.7 Å². The van der Waals surface area contributed by atoms with Crippen LogP contribution in [-0.2, 0) is 29.2 Å². The zero-order valence-electron chi connectivity index (χ0n) is 13.4. The van der Waals surface area contributed by atoms with Crippen LogP contribution < -0.4 is 4.13 Å². The Labute approximate surface area is 128 Å². The average molecular weight is 346 g/mol. The van der Waals surface area contributed by atoms with Crippen molar-refractivity contribution in [3.05, 3.63) is 0 Å². The Kier molecular flexibility index (Phi) is 7.74. The molecule has 0 unspecified atom stereocenters. The van der Waals surface area contributed by atoms with E-state index in [1.165, 1.54) is 13.8 Å². The summed E-state index contributed by atoms with van der Waals surface area (Å²) in [6.45, 7) is 6.39. The van der Waals surface area contributed by atoms with Crippen molar-refractivity contribution in [3.63, 3.8) is 0 Å². The predicted octanol–water partition coefficient (Wildman–Crippen LogP) is 0.138. The highest BCUT2D eigenvalue weighted by Gasteiger charge is 2.40. The molecular weight excluding hydrogens is 320 g/mol. The molecule has 0 aliphatic rings. The first-order valence-corrected chi connectivity index (χ1v) is 9.36. The fourth-order valence-corrected chi connectivity index (χ4v) is 4.06. The Hall–Kier alpha value is -0.260. The molecule has 0 amide bonds. The normalized spacial score (nSPS) is 14.1. The van der Waals surface area contributed by atoms with Gasteiger partial charge in [-0.1, -0.05) is 18.0 Å². The van der Waals surface area contributed by atoms with Crippen LogP contribution in [0.4, 0.5) is 0 Å². The van der Waals surface area contributed by atoms with Gasteiger partial charge < -0.3 is 4.74 Å². The third-order valence-electron chi connectivity index (χ3n) is 3.11. The lowest BCUT2D eigenvalue weighted by Crippen LogP contribution is -2.47. The van der Waals surface area contributed by atoms with E-state index >= 15 is 0 Å². The summed E-state index contributed by atoms with van der Waals surface area (Å²) in [6, 6.07) is 0. The molecule has 0 aromatic rings. The van der Waals surface area contributed by atoms with Crippen molar-refractivity contribution < 1.29 is 25.8 Å². The molecule has 0 heterocycles.